The van der Waals surface area contributed by atoms with Crippen LogP contribution in [-0.4, -0.2) is 61.2 Å². The lowest BCUT2D eigenvalue weighted by Gasteiger charge is -2.37. The third-order valence-corrected chi connectivity index (χ3v) is 6.43. The van der Waals surface area contributed by atoms with E-state index in [1.54, 1.807) is 36.4 Å². The van der Waals surface area contributed by atoms with E-state index in [-0.39, 0.29) is 12.4 Å². The van der Waals surface area contributed by atoms with Gasteiger partial charge in [0.05, 0.1) is 0 Å². The molecule has 0 bridgehead atoms. The van der Waals surface area contributed by atoms with E-state index >= 15 is 0 Å². The Morgan fingerprint density at radius 3 is 2.30 bits per heavy atom. The summed E-state index contributed by atoms with van der Waals surface area (Å²) in [5.41, 5.74) is 3.56. The summed E-state index contributed by atoms with van der Waals surface area (Å²) >= 11 is 6.27. The molecule has 1 N–H and O–H groups in total. The van der Waals surface area contributed by atoms with Crippen LogP contribution in [0.15, 0.2) is 72.8 Å². The van der Waals surface area contributed by atoms with E-state index in [0.29, 0.717) is 23.4 Å². The highest BCUT2D eigenvalue weighted by Gasteiger charge is 2.21. The van der Waals surface area contributed by atoms with Crippen LogP contribution in [0.3, 0.4) is 0 Å². The van der Waals surface area contributed by atoms with Crippen LogP contribution in [0.25, 0.3) is 0 Å². The molecule has 172 valence electrons. The van der Waals surface area contributed by atoms with Crippen molar-refractivity contribution in [1.29, 1.82) is 0 Å². The van der Waals surface area contributed by atoms with E-state index < -0.39 is 6.10 Å². The number of ether oxygens (including phenoxy) is 1. The molecule has 1 aliphatic heterocycles. The maximum atomic E-state index is 12.5. The standard InChI is InChI=1S/C27H29ClN2O3/c1-20-25(28)8-5-9-26(20)30-16-14-29(15-17-30)18-23(31)19-33-24-12-10-22(11-13-24)27(32)21-6-3-2-4-7-21/h2-13,23,31H,14-19H2,1H3/t23-/m1/s1. The highest BCUT2D eigenvalue weighted by Crippen LogP contribution is 2.27. The maximum Gasteiger partial charge on any atom is 0.193 e. The van der Waals surface area contributed by atoms with Crippen molar-refractivity contribution >= 4 is 23.1 Å². The second kappa shape index (κ2) is 10.8. The first kappa shape index (κ1) is 23.3. The van der Waals surface area contributed by atoms with E-state index in [1.165, 1.54) is 5.69 Å². The number of carbonyl (C=O) groups is 1. The van der Waals surface area contributed by atoms with Gasteiger partial charge in [-0.3, -0.25) is 9.69 Å². The number of carbonyl (C=O) groups excluding carboxylic acids is 1. The molecule has 5 nitrogen and oxygen atoms in total. The van der Waals surface area contributed by atoms with Crippen LogP contribution < -0.4 is 9.64 Å². The number of aliphatic hydroxyl groups excluding tert-OH is 1. The average molecular weight is 465 g/mol. The van der Waals surface area contributed by atoms with Gasteiger partial charge in [-0.25, -0.2) is 0 Å². The Hall–Kier alpha value is -2.86. The normalized spacial score (nSPS) is 15.3. The molecule has 0 aromatic heterocycles. The number of hydrogen-bond donors (Lipinski definition) is 1. The fourth-order valence-corrected chi connectivity index (χ4v) is 4.28. The van der Waals surface area contributed by atoms with Crippen LogP contribution in [0.1, 0.15) is 21.5 Å². The highest BCUT2D eigenvalue weighted by molar-refractivity contribution is 6.31. The lowest BCUT2D eigenvalue weighted by molar-refractivity contribution is 0.0663. The molecule has 1 heterocycles. The van der Waals surface area contributed by atoms with E-state index in [0.717, 1.165) is 36.8 Å². The van der Waals surface area contributed by atoms with E-state index in [4.69, 9.17) is 16.3 Å². The van der Waals surface area contributed by atoms with Crippen molar-refractivity contribution in [2.24, 2.45) is 0 Å². The fraction of sp³-hybridized carbons (Fsp3) is 0.296. The first-order valence-electron chi connectivity index (χ1n) is 11.2. The molecule has 1 atom stereocenters. The number of rotatable bonds is 8. The molecule has 0 saturated carbocycles. The zero-order chi connectivity index (χ0) is 23.2. The van der Waals surface area contributed by atoms with Gasteiger partial charge in [0.2, 0.25) is 0 Å². The molecule has 1 aliphatic rings. The Kier molecular flexibility index (Phi) is 7.65. The molecule has 33 heavy (non-hydrogen) atoms. The summed E-state index contributed by atoms with van der Waals surface area (Å²) in [5.74, 6) is 0.620. The first-order valence-corrected chi connectivity index (χ1v) is 11.6. The third kappa shape index (κ3) is 5.93. The van der Waals surface area contributed by atoms with Crippen molar-refractivity contribution in [3.8, 4) is 5.75 Å². The molecule has 1 fully saturated rings. The molecule has 0 unspecified atom stereocenters. The zero-order valence-electron chi connectivity index (χ0n) is 18.8. The summed E-state index contributed by atoms with van der Waals surface area (Å²) in [5, 5.41) is 11.3. The lowest BCUT2D eigenvalue weighted by atomic mass is 10.0. The predicted molar refractivity (Wildman–Crippen MR) is 133 cm³/mol. The third-order valence-electron chi connectivity index (χ3n) is 6.02. The second-order valence-electron chi connectivity index (χ2n) is 8.36. The Morgan fingerprint density at radius 1 is 0.939 bits per heavy atom. The molecule has 3 aromatic rings. The van der Waals surface area contributed by atoms with Crippen LogP contribution in [-0.2, 0) is 0 Å². The largest absolute Gasteiger partial charge is 0.491 e. The number of benzene rings is 3. The van der Waals surface area contributed by atoms with Gasteiger partial charge in [0.25, 0.3) is 0 Å². The van der Waals surface area contributed by atoms with Crippen LogP contribution in [0.5, 0.6) is 5.75 Å². The predicted octanol–water partition coefficient (Wildman–Crippen LogP) is 4.44. The number of β-amino-alcohol motifs (C(OH)–C–C–N with tert-alkyl or cyclic N) is 1. The van der Waals surface area contributed by atoms with Gasteiger partial charge in [-0.1, -0.05) is 48.0 Å². The van der Waals surface area contributed by atoms with Crippen molar-refractivity contribution in [3.05, 3.63) is 94.5 Å². The molecular formula is C27H29ClN2O3. The monoisotopic (exact) mass is 464 g/mol. The van der Waals surface area contributed by atoms with Crippen LogP contribution in [0.2, 0.25) is 5.02 Å². The van der Waals surface area contributed by atoms with Gasteiger partial charge >= 0.3 is 0 Å². The van der Waals surface area contributed by atoms with Crippen molar-refractivity contribution in [2.45, 2.75) is 13.0 Å². The molecule has 6 heteroatoms. The molecule has 3 aromatic carbocycles. The summed E-state index contributed by atoms with van der Waals surface area (Å²) in [6, 6.07) is 22.3. The van der Waals surface area contributed by atoms with Crippen molar-refractivity contribution in [2.75, 3.05) is 44.2 Å². The topological polar surface area (TPSA) is 53.0 Å². The molecular weight excluding hydrogens is 436 g/mol. The van der Waals surface area contributed by atoms with E-state index in [2.05, 4.69) is 22.8 Å². The van der Waals surface area contributed by atoms with E-state index in [9.17, 15) is 9.90 Å². The van der Waals surface area contributed by atoms with Crippen molar-refractivity contribution in [3.63, 3.8) is 0 Å². The Balaban J connectivity index is 1.22. The van der Waals surface area contributed by atoms with Gasteiger partial charge in [0, 0.05) is 54.6 Å². The van der Waals surface area contributed by atoms with Gasteiger partial charge in [-0.05, 0) is 48.9 Å². The van der Waals surface area contributed by atoms with Crippen LogP contribution in [0.4, 0.5) is 5.69 Å². The zero-order valence-corrected chi connectivity index (χ0v) is 19.5. The summed E-state index contributed by atoms with van der Waals surface area (Å²) in [6.07, 6.45) is -0.588. The van der Waals surface area contributed by atoms with Crippen LogP contribution >= 0.6 is 11.6 Å². The van der Waals surface area contributed by atoms with Gasteiger partial charge in [-0.15, -0.1) is 0 Å². The molecule has 0 aliphatic carbocycles. The Bertz CT molecular complexity index is 1060. The van der Waals surface area contributed by atoms with Crippen LogP contribution in [0, 0.1) is 6.92 Å². The smallest absolute Gasteiger partial charge is 0.193 e. The van der Waals surface area contributed by atoms with Crippen molar-refractivity contribution in [1.82, 2.24) is 4.90 Å². The minimum Gasteiger partial charge on any atom is -0.491 e. The number of hydrogen-bond acceptors (Lipinski definition) is 5. The number of nitrogens with zero attached hydrogens (tertiary/aromatic N) is 2. The number of anilines is 1. The minimum absolute atomic E-state index is 0.0192. The molecule has 0 amide bonds. The molecule has 1 saturated heterocycles. The van der Waals surface area contributed by atoms with Gasteiger partial charge in [0.1, 0.15) is 18.5 Å². The fourth-order valence-electron chi connectivity index (χ4n) is 4.11. The average Bonchev–Trinajstić information content (AvgIpc) is 2.85. The highest BCUT2D eigenvalue weighted by atomic mass is 35.5. The summed E-state index contributed by atoms with van der Waals surface area (Å²) in [4.78, 5) is 17.1. The minimum atomic E-state index is -0.588. The number of halogens is 1. The van der Waals surface area contributed by atoms with Gasteiger partial charge in [0.15, 0.2) is 5.78 Å². The summed E-state index contributed by atoms with van der Waals surface area (Å²) < 4.78 is 5.76. The van der Waals surface area contributed by atoms with Crippen molar-refractivity contribution < 1.29 is 14.6 Å². The number of aliphatic hydroxyl groups is 1. The number of ketones is 1. The summed E-state index contributed by atoms with van der Waals surface area (Å²) in [6.45, 7) is 6.36. The van der Waals surface area contributed by atoms with Gasteiger partial charge in [-0.2, -0.15) is 0 Å². The Morgan fingerprint density at radius 2 is 1.61 bits per heavy atom. The van der Waals surface area contributed by atoms with Gasteiger partial charge < -0.3 is 14.7 Å². The lowest BCUT2D eigenvalue weighted by Crippen LogP contribution is -2.49. The molecule has 4 rings (SSSR count). The quantitative estimate of drug-likeness (QED) is 0.499. The maximum absolute atomic E-state index is 12.5. The first-order chi connectivity index (χ1) is 16.0. The Labute approximate surface area is 200 Å². The second-order valence-corrected chi connectivity index (χ2v) is 8.76. The molecule has 0 spiro atoms. The SMILES string of the molecule is Cc1c(Cl)cccc1N1CCN(C[C@@H](O)COc2ccc(C(=O)c3ccccc3)cc2)CC1. The number of piperazine rings is 1. The summed E-state index contributed by atoms with van der Waals surface area (Å²) in [7, 11) is 0. The molecule has 0 radical (unpaired) electrons. The van der Waals surface area contributed by atoms with E-state index in [1.807, 2.05) is 30.3 Å².